The van der Waals surface area contributed by atoms with Crippen LogP contribution in [-0.2, 0) is 11.3 Å². The number of nitrogens with zero attached hydrogens (tertiary/aromatic N) is 3. The van der Waals surface area contributed by atoms with Crippen molar-refractivity contribution in [1.29, 1.82) is 0 Å². The molecule has 2 heterocycles. The smallest absolute Gasteiger partial charge is 0.230 e. The van der Waals surface area contributed by atoms with E-state index >= 15 is 0 Å². The molecule has 5 nitrogen and oxygen atoms in total. The van der Waals surface area contributed by atoms with Crippen LogP contribution in [-0.4, -0.2) is 26.4 Å². The van der Waals surface area contributed by atoms with Gasteiger partial charge in [0, 0.05) is 17.8 Å². The van der Waals surface area contributed by atoms with Crippen LogP contribution < -0.4 is 5.32 Å². The van der Waals surface area contributed by atoms with Gasteiger partial charge in [0.25, 0.3) is 0 Å². The molecule has 7 heteroatoms. The van der Waals surface area contributed by atoms with E-state index < -0.39 is 0 Å². The normalized spacial score (nSPS) is 11.1. The van der Waals surface area contributed by atoms with Crippen LogP contribution in [0.5, 0.6) is 0 Å². The molecule has 0 fully saturated rings. The predicted octanol–water partition coefficient (Wildman–Crippen LogP) is 4.51. The Hall–Kier alpha value is -2.64. The highest BCUT2D eigenvalue weighted by Crippen LogP contribution is 2.29. The maximum absolute atomic E-state index is 12.3. The van der Waals surface area contributed by atoms with E-state index in [1.807, 2.05) is 73.1 Å². The van der Waals surface area contributed by atoms with Gasteiger partial charge in [-0.15, -0.1) is 11.3 Å². The van der Waals surface area contributed by atoms with Gasteiger partial charge in [-0.1, -0.05) is 42.1 Å². The lowest BCUT2D eigenvalue weighted by atomic mass is 10.2. The number of rotatable bonds is 6. The third-order valence-electron chi connectivity index (χ3n) is 4.51. The number of thioether (sulfide) groups is 1. The Labute approximate surface area is 171 Å². The maximum Gasteiger partial charge on any atom is 0.230 e. The summed E-state index contributed by atoms with van der Waals surface area (Å²) in [6, 6.07) is 18.0. The summed E-state index contributed by atoms with van der Waals surface area (Å²) in [7, 11) is 0. The van der Waals surface area contributed by atoms with Crippen LogP contribution in [0.4, 0.5) is 0 Å². The lowest BCUT2D eigenvalue weighted by Crippen LogP contribution is -2.25. The molecule has 142 valence electrons. The van der Waals surface area contributed by atoms with Gasteiger partial charge in [-0.2, -0.15) is 5.10 Å². The zero-order valence-corrected chi connectivity index (χ0v) is 17.3. The largest absolute Gasteiger partial charge is 0.351 e. The Morgan fingerprint density at radius 1 is 1.11 bits per heavy atom. The molecule has 0 spiro atoms. The Morgan fingerprint density at radius 2 is 1.86 bits per heavy atom. The van der Waals surface area contributed by atoms with E-state index in [0.717, 1.165) is 37.2 Å². The van der Waals surface area contributed by atoms with Gasteiger partial charge in [-0.25, -0.2) is 9.67 Å². The summed E-state index contributed by atoms with van der Waals surface area (Å²) in [6.07, 6.45) is 0. The number of hydrogen-bond donors (Lipinski definition) is 1. The predicted molar refractivity (Wildman–Crippen MR) is 115 cm³/mol. The van der Waals surface area contributed by atoms with Crippen molar-refractivity contribution in [2.24, 2.45) is 0 Å². The molecule has 0 saturated carbocycles. The van der Waals surface area contributed by atoms with E-state index in [2.05, 4.69) is 15.4 Å². The fourth-order valence-electron chi connectivity index (χ4n) is 3.03. The van der Waals surface area contributed by atoms with Gasteiger partial charge < -0.3 is 5.32 Å². The average molecular weight is 409 g/mol. The number of aromatic nitrogens is 3. The van der Waals surface area contributed by atoms with E-state index in [0.29, 0.717) is 12.3 Å². The third-order valence-corrected chi connectivity index (χ3v) is 6.68. The van der Waals surface area contributed by atoms with Crippen molar-refractivity contribution in [3.8, 4) is 5.69 Å². The molecule has 2 aromatic heterocycles. The fourth-order valence-corrected chi connectivity index (χ4v) is 4.93. The Balaban J connectivity index is 1.37. The number of nitrogens with one attached hydrogen (secondary N) is 1. The summed E-state index contributed by atoms with van der Waals surface area (Å²) >= 11 is 3.09. The minimum atomic E-state index is -0.00415. The van der Waals surface area contributed by atoms with Crippen LogP contribution in [0, 0.1) is 13.8 Å². The van der Waals surface area contributed by atoms with Crippen molar-refractivity contribution < 1.29 is 4.79 Å². The van der Waals surface area contributed by atoms with E-state index in [1.54, 1.807) is 11.3 Å². The van der Waals surface area contributed by atoms with Gasteiger partial charge >= 0.3 is 0 Å². The van der Waals surface area contributed by atoms with E-state index in [9.17, 15) is 4.79 Å². The first-order chi connectivity index (χ1) is 13.6. The second-order valence-electron chi connectivity index (χ2n) is 6.41. The number of hydrogen-bond acceptors (Lipinski definition) is 5. The van der Waals surface area contributed by atoms with Crippen LogP contribution in [0.15, 0.2) is 58.9 Å². The van der Waals surface area contributed by atoms with Gasteiger partial charge in [0.2, 0.25) is 5.91 Å². The molecular formula is C21H20N4OS2. The molecule has 1 N–H and O–H groups in total. The van der Waals surface area contributed by atoms with Crippen LogP contribution in [0.3, 0.4) is 0 Å². The molecule has 0 bridgehead atoms. The number of carbonyl (C=O) groups is 1. The number of benzene rings is 2. The van der Waals surface area contributed by atoms with Crippen LogP contribution >= 0.6 is 23.1 Å². The minimum absolute atomic E-state index is 0.00415. The van der Waals surface area contributed by atoms with E-state index in [-0.39, 0.29) is 5.91 Å². The van der Waals surface area contributed by atoms with Crippen molar-refractivity contribution in [3.05, 3.63) is 71.5 Å². The lowest BCUT2D eigenvalue weighted by molar-refractivity contribution is -0.118. The molecule has 0 saturated heterocycles. The maximum atomic E-state index is 12.3. The molecule has 0 aliphatic heterocycles. The van der Waals surface area contributed by atoms with Gasteiger partial charge in [0.05, 0.1) is 27.4 Å². The zero-order valence-electron chi connectivity index (χ0n) is 15.7. The fraction of sp³-hybridized carbons (Fsp3) is 0.190. The van der Waals surface area contributed by atoms with Crippen molar-refractivity contribution >= 4 is 39.2 Å². The summed E-state index contributed by atoms with van der Waals surface area (Å²) in [5.41, 5.74) is 5.03. The van der Waals surface area contributed by atoms with E-state index in [1.165, 1.54) is 11.8 Å². The van der Waals surface area contributed by atoms with Crippen LogP contribution in [0.1, 0.15) is 17.0 Å². The Bertz CT molecular complexity index is 1090. The second kappa shape index (κ2) is 8.16. The van der Waals surface area contributed by atoms with Crippen molar-refractivity contribution in [2.75, 3.05) is 5.75 Å². The zero-order chi connectivity index (χ0) is 19.5. The van der Waals surface area contributed by atoms with Crippen LogP contribution in [0.25, 0.3) is 15.9 Å². The van der Waals surface area contributed by atoms with Crippen molar-refractivity contribution in [3.63, 3.8) is 0 Å². The van der Waals surface area contributed by atoms with Gasteiger partial charge in [-0.3, -0.25) is 4.79 Å². The number of amides is 1. The summed E-state index contributed by atoms with van der Waals surface area (Å²) in [5.74, 6) is 0.348. The molecule has 28 heavy (non-hydrogen) atoms. The van der Waals surface area contributed by atoms with Gasteiger partial charge in [-0.05, 0) is 38.1 Å². The molecular weight excluding hydrogens is 388 g/mol. The van der Waals surface area contributed by atoms with Crippen LogP contribution in [0.2, 0.25) is 0 Å². The summed E-state index contributed by atoms with van der Waals surface area (Å²) in [5, 5.41) is 7.64. The summed E-state index contributed by atoms with van der Waals surface area (Å²) in [6.45, 7) is 4.48. The summed E-state index contributed by atoms with van der Waals surface area (Å²) < 4.78 is 3.98. The van der Waals surface area contributed by atoms with Crippen molar-refractivity contribution in [1.82, 2.24) is 20.1 Å². The first kappa shape index (κ1) is 18.7. The average Bonchev–Trinajstić information content (AvgIpc) is 3.26. The molecule has 0 aliphatic rings. The SMILES string of the molecule is Cc1nn(-c2ccccc2)c(C)c1CNC(=O)CSc1nc2ccccc2s1. The Kier molecular flexibility index (Phi) is 5.45. The monoisotopic (exact) mass is 408 g/mol. The Morgan fingerprint density at radius 3 is 2.64 bits per heavy atom. The molecule has 4 aromatic rings. The molecule has 0 atom stereocenters. The number of aryl methyl sites for hydroxylation is 1. The molecule has 1 amide bonds. The van der Waals surface area contributed by atoms with Gasteiger partial charge in [0.15, 0.2) is 4.34 Å². The minimum Gasteiger partial charge on any atom is -0.351 e. The molecule has 4 rings (SSSR count). The lowest BCUT2D eigenvalue weighted by Gasteiger charge is -2.07. The summed E-state index contributed by atoms with van der Waals surface area (Å²) in [4.78, 5) is 16.9. The van der Waals surface area contributed by atoms with E-state index in [4.69, 9.17) is 0 Å². The van der Waals surface area contributed by atoms with Gasteiger partial charge in [0.1, 0.15) is 0 Å². The third kappa shape index (κ3) is 3.95. The number of fused-ring (bicyclic) bond motifs is 1. The second-order valence-corrected chi connectivity index (χ2v) is 8.66. The molecule has 0 unspecified atom stereocenters. The topological polar surface area (TPSA) is 59.8 Å². The molecule has 2 aromatic carbocycles. The van der Waals surface area contributed by atoms with Crippen molar-refractivity contribution in [2.45, 2.75) is 24.7 Å². The first-order valence-electron chi connectivity index (χ1n) is 8.97. The first-order valence-corrected chi connectivity index (χ1v) is 10.8. The molecule has 0 aliphatic carbocycles. The highest BCUT2D eigenvalue weighted by molar-refractivity contribution is 8.01. The highest BCUT2D eigenvalue weighted by atomic mass is 32.2. The standard InChI is InChI=1S/C21H20N4OS2/c1-14-17(15(2)25(24-14)16-8-4-3-5-9-16)12-22-20(26)13-27-21-23-18-10-6-7-11-19(18)28-21/h3-11H,12-13H2,1-2H3,(H,22,26). The quantitative estimate of drug-likeness (QED) is 0.477. The number of carbonyl (C=O) groups excluding carboxylic acids is 1. The number of thiazole rings is 1. The highest BCUT2D eigenvalue weighted by Gasteiger charge is 2.14. The number of para-hydroxylation sites is 2. The molecule has 0 radical (unpaired) electrons.